The Bertz CT molecular complexity index is 373. The predicted molar refractivity (Wildman–Crippen MR) is 63.6 cm³/mol. The summed E-state index contributed by atoms with van der Waals surface area (Å²) in [4.78, 5) is 3.27. The zero-order valence-corrected chi connectivity index (χ0v) is 9.30. The number of hydrogen-bond acceptors (Lipinski definition) is 0. The molecule has 0 amide bonds. The molecule has 0 saturated heterocycles. The maximum absolute atomic E-state index is 3.27. The second kappa shape index (κ2) is 5.48. The van der Waals surface area contributed by atoms with Crippen molar-refractivity contribution < 1.29 is 0 Å². The highest BCUT2D eigenvalue weighted by molar-refractivity contribution is 5.82. The molecule has 1 nitrogen and oxygen atoms in total. The highest BCUT2D eigenvalue weighted by Gasteiger charge is 1.99. The van der Waals surface area contributed by atoms with E-state index in [1.54, 1.807) is 0 Å². The summed E-state index contributed by atoms with van der Waals surface area (Å²) in [6, 6.07) is 8.45. The van der Waals surface area contributed by atoms with Gasteiger partial charge in [0, 0.05) is 17.1 Å². The Balaban J connectivity index is 0.000000461. The minimum absolute atomic E-state index is 1.17. The Kier molecular flexibility index (Phi) is 4.24. The van der Waals surface area contributed by atoms with E-state index in [1.807, 2.05) is 13.8 Å². The Morgan fingerprint density at radius 1 is 1.14 bits per heavy atom. The van der Waals surface area contributed by atoms with Crippen LogP contribution in [0.2, 0.25) is 0 Å². The van der Waals surface area contributed by atoms with E-state index in [0.29, 0.717) is 0 Å². The van der Waals surface area contributed by atoms with Gasteiger partial charge in [0.2, 0.25) is 0 Å². The Hall–Kier alpha value is -1.24. The van der Waals surface area contributed by atoms with E-state index in [9.17, 15) is 0 Å². The Labute approximate surface area is 86.2 Å². The lowest BCUT2D eigenvalue weighted by Gasteiger charge is -1.93. The first kappa shape index (κ1) is 10.8. The molecule has 0 unspecified atom stereocenters. The molecular formula is C13H19N. The Morgan fingerprint density at radius 3 is 2.57 bits per heavy atom. The molecule has 2 aromatic rings. The van der Waals surface area contributed by atoms with Crippen LogP contribution < -0.4 is 0 Å². The number of hydrogen-bond donors (Lipinski definition) is 1. The predicted octanol–water partition coefficient (Wildman–Crippen LogP) is 4.15. The number of aromatic nitrogens is 1. The van der Waals surface area contributed by atoms with Crippen molar-refractivity contribution in [3.63, 3.8) is 0 Å². The standard InChI is InChI=1S/C11H13N.C2H6/c1-2-5-9-8-12-11-7-4-3-6-10(9)11;1-2/h3-4,6-8,12H,2,5H2,1H3;1-2H3. The largest absolute Gasteiger partial charge is 0.361 e. The van der Waals surface area contributed by atoms with Gasteiger partial charge in [-0.15, -0.1) is 0 Å². The van der Waals surface area contributed by atoms with Crippen molar-refractivity contribution in [1.29, 1.82) is 0 Å². The van der Waals surface area contributed by atoms with E-state index in [1.165, 1.54) is 29.3 Å². The van der Waals surface area contributed by atoms with Crippen LogP contribution in [-0.4, -0.2) is 4.98 Å². The topological polar surface area (TPSA) is 15.8 Å². The molecule has 0 bridgehead atoms. The fourth-order valence-electron chi connectivity index (χ4n) is 1.61. The maximum atomic E-state index is 3.27. The molecule has 1 aromatic heterocycles. The highest BCUT2D eigenvalue weighted by atomic mass is 14.7. The summed E-state index contributed by atoms with van der Waals surface area (Å²) in [6.07, 6.45) is 4.50. The second-order valence-electron chi connectivity index (χ2n) is 3.11. The van der Waals surface area contributed by atoms with Gasteiger partial charge in [-0.05, 0) is 18.1 Å². The molecule has 1 N–H and O–H groups in total. The van der Waals surface area contributed by atoms with E-state index in [4.69, 9.17) is 0 Å². The van der Waals surface area contributed by atoms with E-state index in [-0.39, 0.29) is 0 Å². The fourth-order valence-corrected chi connectivity index (χ4v) is 1.61. The smallest absolute Gasteiger partial charge is 0.0456 e. The zero-order valence-electron chi connectivity index (χ0n) is 9.30. The number of nitrogens with one attached hydrogen (secondary N) is 1. The molecule has 0 aliphatic rings. The van der Waals surface area contributed by atoms with Crippen molar-refractivity contribution in [2.24, 2.45) is 0 Å². The summed E-state index contributed by atoms with van der Waals surface area (Å²) in [5.74, 6) is 0. The van der Waals surface area contributed by atoms with Crippen LogP contribution in [0, 0.1) is 0 Å². The number of benzene rings is 1. The monoisotopic (exact) mass is 189 g/mol. The van der Waals surface area contributed by atoms with Crippen LogP contribution in [0.4, 0.5) is 0 Å². The van der Waals surface area contributed by atoms with Crippen molar-refractivity contribution >= 4 is 10.9 Å². The molecule has 0 atom stereocenters. The molecular weight excluding hydrogens is 170 g/mol. The number of rotatable bonds is 2. The molecule has 76 valence electrons. The van der Waals surface area contributed by atoms with E-state index in [0.717, 1.165) is 0 Å². The van der Waals surface area contributed by atoms with Crippen LogP contribution in [0.5, 0.6) is 0 Å². The molecule has 1 heterocycles. The average Bonchev–Trinajstić information content (AvgIpc) is 2.66. The molecule has 0 radical (unpaired) electrons. The van der Waals surface area contributed by atoms with E-state index >= 15 is 0 Å². The van der Waals surface area contributed by atoms with Crippen molar-refractivity contribution in [2.45, 2.75) is 33.6 Å². The third kappa shape index (κ3) is 2.16. The first-order valence-electron chi connectivity index (χ1n) is 5.47. The van der Waals surface area contributed by atoms with Gasteiger partial charge >= 0.3 is 0 Å². The van der Waals surface area contributed by atoms with Crippen molar-refractivity contribution in [2.75, 3.05) is 0 Å². The molecule has 0 saturated carbocycles. The number of aromatic amines is 1. The van der Waals surface area contributed by atoms with Crippen molar-refractivity contribution in [1.82, 2.24) is 4.98 Å². The van der Waals surface area contributed by atoms with Crippen molar-refractivity contribution in [3.05, 3.63) is 36.0 Å². The first-order valence-corrected chi connectivity index (χ1v) is 5.47. The lowest BCUT2D eigenvalue weighted by molar-refractivity contribution is 0.929. The number of para-hydroxylation sites is 1. The van der Waals surface area contributed by atoms with Gasteiger partial charge in [-0.25, -0.2) is 0 Å². The van der Waals surface area contributed by atoms with Gasteiger partial charge in [0.25, 0.3) is 0 Å². The summed E-state index contributed by atoms with van der Waals surface area (Å²) in [5, 5.41) is 1.37. The molecule has 0 spiro atoms. The highest BCUT2D eigenvalue weighted by Crippen LogP contribution is 2.18. The maximum Gasteiger partial charge on any atom is 0.0456 e. The molecule has 2 rings (SSSR count). The van der Waals surface area contributed by atoms with E-state index < -0.39 is 0 Å². The summed E-state index contributed by atoms with van der Waals surface area (Å²) >= 11 is 0. The fraction of sp³-hybridized carbons (Fsp3) is 0.385. The zero-order chi connectivity index (χ0) is 10.4. The minimum Gasteiger partial charge on any atom is -0.361 e. The lowest BCUT2D eigenvalue weighted by atomic mass is 10.1. The average molecular weight is 189 g/mol. The molecule has 0 aliphatic carbocycles. The van der Waals surface area contributed by atoms with Gasteiger partial charge in [0.1, 0.15) is 0 Å². The third-order valence-electron chi connectivity index (χ3n) is 2.19. The number of H-pyrrole nitrogens is 1. The summed E-state index contributed by atoms with van der Waals surface area (Å²) < 4.78 is 0. The molecule has 1 heteroatoms. The van der Waals surface area contributed by atoms with Crippen LogP contribution in [0.3, 0.4) is 0 Å². The summed E-state index contributed by atoms with van der Waals surface area (Å²) in [6.45, 7) is 6.21. The van der Waals surface area contributed by atoms with Crippen LogP contribution >= 0.6 is 0 Å². The van der Waals surface area contributed by atoms with Crippen LogP contribution in [0.1, 0.15) is 32.8 Å². The summed E-state index contributed by atoms with van der Waals surface area (Å²) in [5.41, 5.74) is 2.69. The lowest BCUT2D eigenvalue weighted by Crippen LogP contribution is -1.77. The number of fused-ring (bicyclic) bond motifs is 1. The van der Waals surface area contributed by atoms with Crippen LogP contribution in [0.15, 0.2) is 30.5 Å². The normalized spacial score (nSPS) is 9.64. The quantitative estimate of drug-likeness (QED) is 0.730. The van der Waals surface area contributed by atoms with Gasteiger partial charge in [-0.3, -0.25) is 0 Å². The van der Waals surface area contributed by atoms with Gasteiger partial charge in [-0.2, -0.15) is 0 Å². The third-order valence-corrected chi connectivity index (χ3v) is 2.19. The van der Waals surface area contributed by atoms with Crippen LogP contribution in [0.25, 0.3) is 10.9 Å². The van der Waals surface area contributed by atoms with Gasteiger partial charge in [0.15, 0.2) is 0 Å². The van der Waals surface area contributed by atoms with Crippen molar-refractivity contribution in [3.8, 4) is 0 Å². The van der Waals surface area contributed by atoms with Gasteiger partial charge in [-0.1, -0.05) is 45.4 Å². The van der Waals surface area contributed by atoms with Gasteiger partial charge < -0.3 is 4.98 Å². The molecule has 1 aromatic carbocycles. The van der Waals surface area contributed by atoms with Gasteiger partial charge in [0.05, 0.1) is 0 Å². The first-order chi connectivity index (χ1) is 6.92. The Morgan fingerprint density at radius 2 is 1.86 bits per heavy atom. The molecule has 14 heavy (non-hydrogen) atoms. The molecule has 0 aliphatic heterocycles. The summed E-state index contributed by atoms with van der Waals surface area (Å²) in [7, 11) is 0. The molecule has 0 fully saturated rings. The second-order valence-corrected chi connectivity index (χ2v) is 3.11. The van der Waals surface area contributed by atoms with Crippen LogP contribution in [-0.2, 0) is 6.42 Å². The van der Waals surface area contributed by atoms with E-state index in [2.05, 4.69) is 42.4 Å². The SMILES string of the molecule is CC.CCCc1c[nH]c2ccccc12. The minimum atomic E-state index is 1.17. The number of aryl methyl sites for hydroxylation is 1.